The van der Waals surface area contributed by atoms with Crippen LogP contribution in [-0.4, -0.2) is 56.1 Å². The zero-order valence-electron chi connectivity index (χ0n) is 21.3. The highest BCUT2D eigenvalue weighted by Crippen LogP contribution is 2.36. The molecule has 0 atom stereocenters. The molecule has 0 aromatic heterocycles. The number of benzene rings is 3. The normalized spacial score (nSPS) is 12.5. The largest absolute Gasteiger partial charge is 0.497 e. The van der Waals surface area contributed by atoms with Gasteiger partial charge in [-0.1, -0.05) is 0 Å². The Balaban J connectivity index is 1.47. The van der Waals surface area contributed by atoms with Gasteiger partial charge < -0.3 is 24.3 Å². The number of carbonyl (C=O) groups excluding carboxylic acids is 1. The van der Waals surface area contributed by atoms with Crippen molar-refractivity contribution in [3.63, 3.8) is 0 Å². The van der Waals surface area contributed by atoms with Crippen LogP contribution in [0, 0.1) is 0 Å². The van der Waals surface area contributed by atoms with Gasteiger partial charge in [-0.3, -0.25) is 13.8 Å². The number of ether oxygens (including phenoxy) is 4. The van der Waals surface area contributed by atoms with Gasteiger partial charge in [0.15, 0.2) is 11.5 Å². The summed E-state index contributed by atoms with van der Waals surface area (Å²) in [5.74, 6) is 0.776. The predicted octanol–water partition coefficient (Wildman–Crippen LogP) is 3.03. The van der Waals surface area contributed by atoms with Crippen LogP contribution in [0.15, 0.2) is 65.6 Å². The van der Waals surface area contributed by atoms with Crippen molar-refractivity contribution >= 4 is 43.0 Å². The summed E-state index contributed by atoms with van der Waals surface area (Å²) in [5.41, 5.74) is 0.745. The molecule has 0 unspecified atom stereocenters. The lowest BCUT2D eigenvalue weighted by Gasteiger charge is -2.23. The number of sulfonamides is 2. The fourth-order valence-electron chi connectivity index (χ4n) is 3.68. The summed E-state index contributed by atoms with van der Waals surface area (Å²) in [6, 6.07) is 14.7. The van der Waals surface area contributed by atoms with E-state index in [9.17, 15) is 21.6 Å². The van der Waals surface area contributed by atoms with Gasteiger partial charge >= 0.3 is 0 Å². The number of methoxy groups -OCH3 is 2. The average molecular weight is 578 g/mol. The van der Waals surface area contributed by atoms with E-state index >= 15 is 0 Å². The molecule has 0 radical (unpaired) electrons. The van der Waals surface area contributed by atoms with E-state index in [0.717, 1.165) is 4.31 Å². The molecule has 0 saturated carbocycles. The van der Waals surface area contributed by atoms with Crippen molar-refractivity contribution in [1.29, 1.82) is 0 Å². The van der Waals surface area contributed by atoms with Gasteiger partial charge in [-0.05, 0) is 55.5 Å². The Labute approximate surface area is 226 Å². The van der Waals surface area contributed by atoms with Crippen molar-refractivity contribution in [2.45, 2.75) is 11.8 Å². The molecule has 0 bridgehead atoms. The fourth-order valence-corrected chi connectivity index (χ4v) is 5.81. The van der Waals surface area contributed by atoms with E-state index in [0.29, 0.717) is 17.2 Å². The highest BCUT2D eigenvalue weighted by atomic mass is 32.2. The van der Waals surface area contributed by atoms with Gasteiger partial charge in [0.2, 0.25) is 22.7 Å². The van der Waals surface area contributed by atoms with Crippen LogP contribution in [-0.2, 0) is 24.8 Å². The Bertz CT molecular complexity index is 1570. The second-order valence-corrected chi connectivity index (χ2v) is 12.1. The predicted molar refractivity (Wildman–Crippen MR) is 145 cm³/mol. The minimum atomic E-state index is -3.99. The first-order chi connectivity index (χ1) is 18.6. The van der Waals surface area contributed by atoms with E-state index in [-0.39, 0.29) is 40.3 Å². The SMILES string of the molecule is CCS(=O)(=O)N(CC(=O)Nc1ccc(S(=O)(=O)Nc2ccc(OC)cc2OC)cc1)c1ccc2c(c1)OCO2. The highest BCUT2D eigenvalue weighted by molar-refractivity contribution is 7.93. The molecule has 208 valence electrons. The van der Waals surface area contributed by atoms with Crippen LogP contribution in [0.4, 0.5) is 17.1 Å². The highest BCUT2D eigenvalue weighted by Gasteiger charge is 2.26. The molecule has 2 N–H and O–H groups in total. The molecule has 14 heteroatoms. The number of hydrogen-bond donors (Lipinski definition) is 2. The van der Waals surface area contributed by atoms with Gasteiger partial charge in [-0.15, -0.1) is 0 Å². The number of nitrogens with zero attached hydrogens (tertiary/aromatic N) is 1. The number of nitrogens with one attached hydrogen (secondary N) is 2. The van der Waals surface area contributed by atoms with Crippen molar-refractivity contribution in [1.82, 2.24) is 0 Å². The van der Waals surface area contributed by atoms with E-state index in [1.54, 1.807) is 18.2 Å². The maximum absolute atomic E-state index is 12.9. The first-order valence-corrected chi connectivity index (χ1v) is 14.7. The van der Waals surface area contributed by atoms with Gasteiger partial charge in [0.25, 0.3) is 10.0 Å². The lowest BCUT2D eigenvalue weighted by atomic mass is 10.2. The summed E-state index contributed by atoms with van der Waals surface area (Å²) < 4.78 is 75.7. The zero-order chi connectivity index (χ0) is 28.2. The van der Waals surface area contributed by atoms with Gasteiger partial charge in [0.1, 0.15) is 18.0 Å². The lowest BCUT2D eigenvalue weighted by Crippen LogP contribution is -2.39. The van der Waals surface area contributed by atoms with Crippen LogP contribution in [0.25, 0.3) is 0 Å². The van der Waals surface area contributed by atoms with Gasteiger partial charge in [-0.25, -0.2) is 16.8 Å². The van der Waals surface area contributed by atoms with E-state index in [1.165, 1.54) is 63.6 Å². The second kappa shape index (κ2) is 11.3. The Morgan fingerprint density at radius 1 is 0.923 bits per heavy atom. The van der Waals surface area contributed by atoms with Crippen LogP contribution >= 0.6 is 0 Å². The molecular formula is C25H27N3O9S2. The monoisotopic (exact) mass is 577 g/mol. The third-order valence-electron chi connectivity index (χ3n) is 5.73. The topological polar surface area (TPSA) is 150 Å². The van der Waals surface area contributed by atoms with Crippen LogP contribution in [0.1, 0.15) is 6.92 Å². The third-order valence-corrected chi connectivity index (χ3v) is 8.86. The molecule has 0 aliphatic carbocycles. The number of amides is 1. The Hall–Kier alpha value is -4.17. The molecular weight excluding hydrogens is 550 g/mol. The molecule has 1 aliphatic rings. The molecule has 4 rings (SSSR count). The molecule has 3 aromatic carbocycles. The standard InChI is InChI=1S/C25H27N3O9S2/c1-4-38(30,31)28(18-7-12-22-24(13-18)37-16-36-22)15-25(29)26-17-5-9-20(10-6-17)39(32,33)27-21-11-8-19(34-2)14-23(21)35-3/h5-14,27H,4,15-16H2,1-3H3,(H,26,29). The minimum Gasteiger partial charge on any atom is -0.497 e. The number of anilines is 3. The summed E-state index contributed by atoms with van der Waals surface area (Å²) in [7, 11) is -4.91. The van der Waals surface area contributed by atoms with Crippen molar-refractivity contribution in [2.24, 2.45) is 0 Å². The Morgan fingerprint density at radius 2 is 1.64 bits per heavy atom. The Kier molecular flexibility index (Phi) is 8.06. The average Bonchev–Trinajstić information content (AvgIpc) is 3.40. The molecule has 1 heterocycles. The first kappa shape index (κ1) is 27.9. The number of fused-ring (bicyclic) bond motifs is 1. The van der Waals surface area contributed by atoms with Crippen molar-refractivity contribution in [3.05, 3.63) is 60.7 Å². The molecule has 0 saturated heterocycles. The maximum Gasteiger partial charge on any atom is 0.262 e. The van der Waals surface area contributed by atoms with Gasteiger partial charge in [-0.2, -0.15) is 0 Å². The van der Waals surface area contributed by atoms with Crippen molar-refractivity contribution < 1.29 is 40.6 Å². The maximum atomic E-state index is 12.9. The second-order valence-electron chi connectivity index (χ2n) is 8.19. The molecule has 3 aromatic rings. The lowest BCUT2D eigenvalue weighted by molar-refractivity contribution is -0.114. The molecule has 12 nitrogen and oxygen atoms in total. The van der Waals surface area contributed by atoms with Gasteiger partial charge in [0.05, 0.1) is 36.2 Å². The fraction of sp³-hybridized carbons (Fsp3) is 0.240. The molecule has 0 spiro atoms. The Morgan fingerprint density at radius 3 is 2.31 bits per heavy atom. The summed E-state index contributed by atoms with van der Waals surface area (Å²) in [4.78, 5) is 12.7. The molecule has 1 amide bonds. The third kappa shape index (κ3) is 6.29. The van der Waals surface area contributed by atoms with Crippen molar-refractivity contribution in [3.8, 4) is 23.0 Å². The zero-order valence-corrected chi connectivity index (χ0v) is 23.0. The molecule has 1 aliphatic heterocycles. The summed E-state index contributed by atoms with van der Waals surface area (Å²) >= 11 is 0. The van der Waals surface area contributed by atoms with Crippen molar-refractivity contribution in [2.75, 3.05) is 47.7 Å². The van der Waals surface area contributed by atoms with Gasteiger partial charge in [0, 0.05) is 17.8 Å². The van der Waals surface area contributed by atoms with Crippen LogP contribution in [0.2, 0.25) is 0 Å². The number of hydrogen-bond acceptors (Lipinski definition) is 9. The van der Waals surface area contributed by atoms with Crippen LogP contribution < -0.4 is 33.3 Å². The summed E-state index contributed by atoms with van der Waals surface area (Å²) in [6.45, 7) is 0.991. The minimum absolute atomic E-state index is 0.0225. The van der Waals surface area contributed by atoms with E-state index in [2.05, 4.69) is 10.0 Å². The smallest absolute Gasteiger partial charge is 0.262 e. The van der Waals surface area contributed by atoms with E-state index < -0.39 is 32.5 Å². The summed E-state index contributed by atoms with van der Waals surface area (Å²) in [6.07, 6.45) is 0. The summed E-state index contributed by atoms with van der Waals surface area (Å²) in [5, 5.41) is 2.60. The number of carbonyl (C=O) groups is 1. The first-order valence-electron chi connectivity index (χ1n) is 11.6. The van der Waals surface area contributed by atoms with Crippen LogP contribution in [0.3, 0.4) is 0 Å². The van der Waals surface area contributed by atoms with E-state index in [1.807, 2.05) is 0 Å². The molecule has 39 heavy (non-hydrogen) atoms. The van der Waals surface area contributed by atoms with Crippen LogP contribution in [0.5, 0.6) is 23.0 Å². The quantitative estimate of drug-likeness (QED) is 0.351. The van der Waals surface area contributed by atoms with E-state index in [4.69, 9.17) is 18.9 Å². The molecule has 0 fully saturated rings. The number of rotatable bonds is 11.